The van der Waals surface area contributed by atoms with E-state index in [0.717, 1.165) is 12.0 Å². The molecule has 2 rings (SSSR count). The average molecular weight is 181 g/mol. The zero-order valence-electron chi connectivity index (χ0n) is 8.33. The van der Waals surface area contributed by atoms with Crippen LogP contribution in [0.5, 0.6) is 0 Å². The minimum Gasteiger partial charge on any atom is -0.0616 e. The SMILES string of the molecule is CCc1ccc(-c2[c]cccc2)cc1. The normalized spacial score (nSPS) is 10.1. The van der Waals surface area contributed by atoms with Gasteiger partial charge in [0, 0.05) is 0 Å². The van der Waals surface area contributed by atoms with Crippen molar-refractivity contribution in [3.63, 3.8) is 0 Å². The van der Waals surface area contributed by atoms with Crippen molar-refractivity contribution in [1.82, 2.24) is 0 Å². The first-order valence-electron chi connectivity index (χ1n) is 4.96. The molecule has 0 unspecified atom stereocenters. The maximum atomic E-state index is 3.22. The van der Waals surface area contributed by atoms with Gasteiger partial charge in [0.25, 0.3) is 0 Å². The van der Waals surface area contributed by atoms with Gasteiger partial charge in [0.15, 0.2) is 0 Å². The maximum Gasteiger partial charge on any atom is -0.00992 e. The molecule has 69 valence electrons. The Bertz CT molecular complexity index is 384. The highest BCUT2D eigenvalue weighted by molar-refractivity contribution is 5.62. The van der Waals surface area contributed by atoms with Crippen molar-refractivity contribution >= 4 is 0 Å². The molecule has 0 aliphatic carbocycles. The lowest BCUT2D eigenvalue weighted by atomic mass is 10.0. The minimum atomic E-state index is 1.10. The van der Waals surface area contributed by atoms with Gasteiger partial charge in [0.1, 0.15) is 0 Å². The summed E-state index contributed by atoms with van der Waals surface area (Å²) in [5.41, 5.74) is 3.78. The first-order chi connectivity index (χ1) is 6.90. The van der Waals surface area contributed by atoms with Crippen LogP contribution in [0.25, 0.3) is 11.1 Å². The Hall–Kier alpha value is -1.56. The van der Waals surface area contributed by atoms with Crippen LogP contribution in [0.3, 0.4) is 0 Å². The van der Waals surface area contributed by atoms with Gasteiger partial charge in [-0.25, -0.2) is 0 Å². The smallest absolute Gasteiger partial charge is 0.00992 e. The Kier molecular flexibility index (Phi) is 2.64. The summed E-state index contributed by atoms with van der Waals surface area (Å²) in [6.07, 6.45) is 1.10. The summed E-state index contributed by atoms with van der Waals surface area (Å²) in [6, 6.07) is 20.0. The molecule has 0 atom stereocenters. The quantitative estimate of drug-likeness (QED) is 0.662. The lowest BCUT2D eigenvalue weighted by molar-refractivity contribution is 1.14. The van der Waals surface area contributed by atoms with Crippen LogP contribution in [0.4, 0.5) is 0 Å². The topological polar surface area (TPSA) is 0 Å². The third kappa shape index (κ3) is 1.85. The van der Waals surface area contributed by atoms with Crippen molar-refractivity contribution in [2.75, 3.05) is 0 Å². The van der Waals surface area contributed by atoms with E-state index in [2.05, 4.69) is 43.3 Å². The molecule has 0 saturated carbocycles. The molecule has 0 saturated heterocycles. The number of hydrogen-bond acceptors (Lipinski definition) is 0. The highest BCUT2D eigenvalue weighted by Crippen LogP contribution is 2.18. The van der Waals surface area contributed by atoms with Gasteiger partial charge in [-0.1, -0.05) is 55.5 Å². The lowest BCUT2D eigenvalue weighted by Gasteiger charge is -2.01. The molecule has 0 aliphatic heterocycles. The highest BCUT2D eigenvalue weighted by atomic mass is 14.0. The third-order valence-corrected chi connectivity index (χ3v) is 2.38. The minimum absolute atomic E-state index is 1.10. The van der Waals surface area contributed by atoms with Gasteiger partial charge < -0.3 is 0 Å². The molecule has 0 bridgehead atoms. The Labute approximate surface area is 85.2 Å². The van der Waals surface area contributed by atoms with E-state index in [1.807, 2.05) is 18.2 Å². The van der Waals surface area contributed by atoms with E-state index in [4.69, 9.17) is 0 Å². The Balaban J connectivity index is 2.34. The van der Waals surface area contributed by atoms with Crippen molar-refractivity contribution in [3.8, 4) is 11.1 Å². The molecule has 0 heterocycles. The van der Waals surface area contributed by atoms with Crippen LogP contribution < -0.4 is 0 Å². The van der Waals surface area contributed by atoms with Crippen LogP contribution in [0.2, 0.25) is 0 Å². The van der Waals surface area contributed by atoms with E-state index >= 15 is 0 Å². The molecule has 1 radical (unpaired) electrons. The highest BCUT2D eigenvalue weighted by Gasteiger charge is 1.95. The molecule has 0 aliphatic rings. The third-order valence-electron chi connectivity index (χ3n) is 2.38. The zero-order chi connectivity index (χ0) is 9.80. The standard InChI is InChI=1S/C14H13/c1-2-12-8-10-14(11-9-12)13-6-4-3-5-7-13/h3-6,8-11H,2H2,1H3. The first-order valence-corrected chi connectivity index (χ1v) is 4.96. The molecule has 2 aromatic carbocycles. The largest absolute Gasteiger partial charge is 0.0616 e. The summed E-state index contributed by atoms with van der Waals surface area (Å²) < 4.78 is 0. The summed E-state index contributed by atoms with van der Waals surface area (Å²) in [6.45, 7) is 2.17. The molecule has 0 nitrogen and oxygen atoms in total. The van der Waals surface area contributed by atoms with Crippen LogP contribution in [0, 0.1) is 6.07 Å². The molecule has 0 N–H and O–H groups in total. The van der Waals surface area contributed by atoms with Crippen LogP contribution >= 0.6 is 0 Å². The molecule has 2 aromatic rings. The fourth-order valence-electron chi connectivity index (χ4n) is 1.49. The van der Waals surface area contributed by atoms with E-state index in [-0.39, 0.29) is 0 Å². The maximum absolute atomic E-state index is 3.22. The second-order valence-electron chi connectivity index (χ2n) is 3.33. The molecule has 14 heavy (non-hydrogen) atoms. The number of hydrogen-bond donors (Lipinski definition) is 0. The lowest BCUT2D eigenvalue weighted by Crippen LogP contribution is -1.80. The van der Waals surface area contributed by atoms with Gasteiger partial charge in [0.05, 0.1) is 0 Å². The second kappa shape index (κ2) is 4.10. The Morgan fingerprint density at radius 2 is 1.79 bits per heavy atom. The van der Waals surface area contributed by atoms with Gasteiger partial charge in [0.2, 0.25) is 0 Å². The van der Waals surface area contributed by atoms with Crippen molar-refractivity contribution in [1.29, 1.82) is 0 Å². The van der Waals surface area contributed by atoms with Crippen LogP contribution in [0.1, 0.15) is 12.5 Å². The summed E-state index contributed by atoms with van der Waals surface area (Å²) in [7, 11) is 0. The van der Waals surface area contributed by atoms with Crippen molar-refractivity contribution < 1.29 is 0 Å². The molecule has 0 amide bonds. The molecular formula is C14H13. The number of rotatable bonds is 2. The van der Waals surface area contributed by atoms with Crippen LogP contribution in [-0.4, -0.2) is 0 Å². The second-order valence-corrected chi connectivity index (χ2v) is 3.33. The van der Waals surface area contributed by atoms with E-state index in [1.54, 1.807) is 0 Å². The van der Waals surface area contributed by atoms with Gasteiger partial charge in [-0.05, 0) is 29.2 Å². The number of benzene rings is 2. The summed E-state index contributed by atoms with van der Waals surface area (Å²) in [4.78, 5) is 0. The van der Waals surface area contributed by atoms with Crippen molar-refractivity contribution in [3.05, 3.63) is 60.2 Å². The van der Waals surface area contributed by atoms with Crippen LogP contribution in [0.15, 0.2) is 48.5 Å². The van der Waals surface area contributed by atoms with Gasteiger partial charge >= 0.3 is 0 Å². The Morgan fingerprint density at radius 3 is 2.36 bits per heavy atom. The van der Waals surface area contributed by atoms with E-state index in [1.165, 1.54) is 11.1 Å². The van der Waals surface area contributed by atoms with Gasteiger partial charge in [-0.3, -0.25) is 0 Å². The first kappa shape index (κ1) is 9.01. The van der Waals surface area contributed by atoms with Gasteiger partial charge in [-0.15, -0.1) is 0 Å². The molecular weight excluding hydrogens is 168 g/mol. The van der Waals surface area contributed by atoms with Gasteiger partial charge in [-0.2, -0.15) is 0 Å². The summed E-state index contributed by atoms with van der Waals surface area (Å²) in [5, 5.41) is 0. The predicted molar refractivity (Wildman–Crippen MR) is 60.1 cm³/mol. The summed E-state index contributed by atoms with van der Waals surface area (Å²) in [5.74, 6) is 0. The fraction of sp³-hybridized carbons (Fsp3) is 0.143. The van der Waals surface area contributed by atoms with Crippen molar-refractivity contribution in [2.24, 2.45) is 0 Å². The predicted octanol–water partition coefficient (Wildman–Crippen LogP) is 3.72. The van der Waals surface area contributed by atoms with E-state index in [0.29, 0.717) is 0 Å². The van der Waals surface area contributed by atoms with E-state index < -0.39 is 0 Å². The fourth-order valence-corrected chi connectivity index (χ4v) is 1.49. The molecule has 0 spiro atoms. The van der Waals surface area contributed by atoms with Crippen LogP contribution in [-0.2, 0) is 6.42 Å². The molecule has 0 fully saturated rings. The molecule has 0 heteroatoms. The van der Waals surface area contributed by atoms with Crippen molar-refractivity contribution in [2.45, 2.75) is 13.3 Å². The Morgan fingerprint density at radius 1 is 1.00 bits per heavy atom. The van der Waals surface area contributed by atoms with E-state index in [9.17, 15) is 0 Å². The molecule has 0 aromatic heterocycles. The summed E-state index contributed by atoms with van der Waals surface area (Å²) >= 11 is 0. The zero-order valence-corrected chi connectivity index (χ0v) is 8.33. The monoisotopic (exact) mass is 181 g/mol. The average Bonchev–Trinajstić information content (AvgIpc) is 2.30. The number of aryl methyl sites for hydroxylation is 1.